The number of ether oxygens (including phenoxy) is 1. The molecule has 1 atom stereocenters. The first kappa shape index (κ1) is 18.9. The second-order valence-electron chi connectivity index (χ2n) is 6.02. The fraction of sp³-hybridized carbons (Fsp3) is 0.368. The Morgan fingerprint density at radius 1 is 1.19 bits per heavy atom. The first-order valence-electron chi connectivity index (χ1n) is 8.57. The number of benzene rings is 1. The highest BCUT2D eigenvalue weighted by molar-refractivity contribution is 7.99. The molecule has 0 aliphatic carbocycles. The molecule has 0 amide bonds. The summed E-state index contributed by atoms with van der Waals surface area (Å²) in [6.45, 7) is 7.15. The topological polar surface area (TPSA) is 60.2 Å². The van der Waals surface area contributed by atoms with Crippen molar-refractivity contribution in [1.82, 2.24) is 14.8 Å². The van der Waals surface area contributed by atoms with E-state index in [0.717, 1.165) is 39.3 Å². The van der Waals surface area contributed by atoms with Crippen LogP contribution in [0.15, 0.2) is 40.9 Å². The van der Waals surface area contributed by atoms with Crippen molar-refractivity contribution in [1.29, 1.82) is 0 Å². The molecule has 7 heteroatoms. The lowest BCUT2D eigenvalue weighted by atomic mass is 10.1. The smallest absolute Gasteiger partial charge is 0.191 e. The number of aliphatic hydroxyl groups excluding tert-OH is 1. The highest BCUT2D eigenvalue weighted by Crippen LogP contribution is 2.28. The number of thioether (sulfide) groups is 1. The zero-order valence-electron chi connectivity index (χ0n) is 15.2. The summed E-state index contributed by atoms with van der Waals surface area (Å²) in [5.41, 5.74) is 2.16. The fourth-order valence-electron chi connectivity index (χ4n) is 2.69. The molecule has 0 saturated carbocycles. The third-order valence-electron chi connectivity index (χ3n) is 4.01. The van der Waals surface area contributed by atoms with E-state index in [4.69, 9.17) is 4.74 Å². The SMILES string of the molecule is CCn1c(SC[C@@H](O)COc2c(C)cccc2C)nnc1-c1cccs1. The van der Waals surface area contributed by atoms with Crippen LogP contribution in [0.3, 0.4) is 0 Å². The van der Waals surface area contributed by atoms with Crippen LogP contribution in [0, 0.1) is 13.8 Å². The molecule has 26 heavy (non-hydrogen) atoms. The molecule has 3 rings (SSSR count). The molecule has 2 heterocycles. The molecule has 1 aromatic carbocycles. The van der Waals surface area contributed by atoms with Crippen LogP contribution in [-0.4, -0.2) is 38.3 Å². The van der Waals surface area contributed by atoms with Gasteiger partial charge >= 0.3 is 0 Å². The molecule has 5 nitrogen and oxygen atoms in total. The Kier molecular flexibility index (Phi) is 6.34. The van der Waals surface area contributed by atoms with Crippen LogP contribution in [0.4, 0.5) is 0 Å². The van der Waals surface area contributed by atoms with Crippen molar-refractivity contribution in [3.8, 4) is 16.5 Å². The number of aromatic nitrogens is 3. The Balaban J connectivity index is 1.59. The minimum Gasteiger partial charge on any atom is -0.490 e. The molecule has 138 valence electrons. The lowest BCUT2D eigenvalue weighted by Crippen LogP contribution is -2.21. The molecular weight excluding hydrogens is 366 g/mol. The molecule has 0 bridgehead atoms. The van der Waals surface area contributed by atoms with Gasteiger partial charge in [-0.15, -0.1) is 21.5 Å². The van der Waals surface area contributed by atoms with Crippen molar-refractivity contribution in [2.75, 3.05) is 12.4 Å². The van der Waals surface area contributed by atoms with Crippen LogP contribution in [0.25, 0.3) is 10.7 Å². The number of para-hydroxylation sites is 1. The summed E-state index contributed by atoms with van der Waals surface area (Å²) in [7, 11) is 0. The number of aliphatic hydroxyl groups is 1. The Morgan fingerprint density at radius 3 is 2.62 bits per heavy atom. The number of nitrogens with zero attached hydrogens (tertiary/aromatic N) is 3. The highest BCUT2D eigenvalue weighted by atomic mass is 32.2. The second-order valence-corrected chi connectivity index (χ2v) is 7.96. The number of thiophene rings is 1. The van der Waals surface area contributed by atoms with Gasteiger partial charge in [0.25, 0.3) is 0 Å². The molecular formula is C19H23N3O2S2. The van der Waals surface area contributed by atoms with Gasteiger partial charge in [-0.3, -0.25) is 0 Å². The fourth-order valence-corrected chi connectivity index (χ4v) is 4.32. The van der Waals surface area contributed by atoms with Gasteiger partial charge in [0.05, 0.1) is 11.0 Å². The van der Waals surface area contributed by atoms with Crippen molar-refractivity contribution in [3.05, 3.63) is 46.8 Å². The van der Waals surface area contributed by atoms with Crippen LogP contribution in [-0.2, 0) is 6.54 Å². The van der Waals surface area contributed by atoms with E-state index in [2.05, 4.69) is 21.7 Å². The average Bonchev–Trinajstić information content (AvgIpc) is 3.28. The Morgan fingerprint density at radius 2 is 1.96 bits per heavy atom. The van der Waals surface area contributed by atoms with Gasteiger partial charge in [-0.2, -0.15) is 0 Å². The number of hydrogen-bond donors (Lipinski definition) is 1. The number of aryl methyl sites for hydroxylation is 2. The van der Waals surface area contributed by atoms with E-state index >= 15 is 0 Å². The first-order valence-corrected chi connectivity index (χ1v) is 10.4. The lowest BCUT2D eigenvalue weighted by molar-refractivity contribution is 0.125. The lowest BCUT2D eigenvalue weighted by Gasteiger charge is -2.15. The molecule has 0 saturated heterocycles. The normalized spacial score (nSPS) is 12.3. The van der Waals surface area contributed by atoms with Crippen LogP contribution >= 0.6 is 23.1 Å². The molecule has 3 aromatic rings. The van der Waals surface area contributed by atoms with Gasteiger partial charge in [0.1, 0.15) is 12.4 Å². The quantitative estimate of drug-likeness (QED) is 0.586. The minimum absolute atomic E-state index is 0.261. The predicted molar refractivity (Wildman–Crippen MR) is 107 cm³/mol. The van der Waals surface area contributed by atoms with E-state index in [0.29, 0.717) is 5.75 Å². The van der Waals surface area contributed by atoms with E-state index < -0.39 is 6.10 Å². The van der Waals surface area contributed by atoms with Crippen molar-refractivity contribution < 1.29 is 9.84 Å². The maximum Gasteiger partial charge on any atom is 0.191 e. The monoisotopic (exact) mass is 389 g/mol. The van der Waals surface area contributed by atoms with Crippen LogP contribution in [0.2, 0.25) is 0 Å². The van der Waals surface area contributed by atoms with Crippen LogP contribution in [0.5, 0.6) is 5.75 Å². The van der Waals surface area contributed by atoms with E-state index in [1.165, 1.54) is 11.8 Å². The summed E-state index contributed by atoms with van der Waals surface area (Å²) in [5.74, 6) is 2.24. The molecule has 0 unspecified atom stereocenters. The first-order chi connectivity index (χ1) is 12.6. The largest absolute Gasteiger partial charge is 0.490 e. The predicted octanol–water partition coefficient (Wildman–Crippen LogP) is 4.18. The van der Waals surface area contributed by atoms with E-state index in [9.17, 15) is 5.11 Å². The van der Waals surface area contributed by atoms with Crippen molar-refractivity contribution >= 4 is 23.1 Å². The van der Waals surface area contributed by atoms with Gasteiger partial charge in [0, 0.05) is 12.3 Å². The number of hydrogen-bond acceptors (Lipinski definition) is 6. The Bertz CT molecular complexity index is 826. The molecule has 0 aliphatic rings. The third kappa shape index (κ3) is 4.28. The summed E-state index contributed by atoms with van der Waals surface area (Å²) in [6.07, 6.45) is -0.578. The molecule has 2 aromatic heterocycles. The Hall–Kier alpha value is -1.83. The van der Waals surface area contributed by atoms with Crippen LogP contribution < -0.4 is 4.74 Å². The van der Waals surface area contributed by atoms with Gasteiger partial charge < -0.3 is 14.4 Å². The average molecular weight is 390 g/mol. The van der Waals surface area contributed by atoms with E-state index in [1.807, 2.05) is 49.6 Å². The van der Waals surface area contributed by atoms with Crippen molar-refractivity contribution in [2.45, 2.75) is 38.6 Å². The molecule has 0 aliphatic heterocycles. The standard InChI is InChI=1S/C19H23N3O2S2/c1-4-22-18(16-9-6-10-25-16)20-21-19(22)26-12-15(23)11-24-17-13(2)7-5-8-14(17)3/h5-10,15,23H,4,11-12H2,1-3H3/t15-/m0/s1. The summed E-state index contributed by atoms with van der Waals surface area (Å²) >= 11 is 3.16. The zero-order valence-corrected chi connectivity index (χ0v) is 16.8. The molecule has 1 N–H and O–H groups in total. The molecule has 0 fully saturated rings. The number of rotatable bonds is 8. The summed E-state index contributed by atoms with van der Waals surface area (Å²) < 4.78 is 7.91. The summed E-state index contributed by atoms with van der Waals surface area (Å²) in [6, 6.07) is 10.1. The Labute approximate surface area is 162 Å². The van der Waals surface area contributed by atoms with E-state index in [-0.39, 0.29) is 6.61 Å². The zero-order chi connectivity index (χ0) is 18.5. The maximum absolute atomic E-state index is 10.3. The highest BCUT2D eigenvalue weighted by Gasteiger charge is 2.16. The summed E-state index contributed by atoms with van der Waals surface area (Å²) in [5, 5.41) is 21.8. The van der Waals surface area contributed by atoms with Gasteiger partial charge in [-0.1, -0.05) is 36.0 Å². The van der Waals surface area contributed by atoms with Crippen molar-refractivity contribution in [3.63, 3.8) is 0 Å². The van der Waals surface area contributed by atoms with Crippen molar-refractivity contribution in [2.24, 2.45) is 0 Å². The second kappa shape index (κ2) is 8.70. The summed E-state index contributed by atoms with van der Waals surface area (Å²) in [4.78, 5) is 1.10. The molecule has 0 radical (unpaired) electrons. The van der Waals surface area contributed by atoms with Gasteiger partial charge in [0.15, 0.2) is 11.0 Å². The van der Waals surface area contributed by atoms with Gasteiger partial charge in [-0.25, -0.2) is 0 Å². The van der Waals surface area contributed by atoms with E-state index in [1.54, 1.807) is 11.3 Å². The van der Waals surface area contributed by atoms with Gasteiger partial charge in [0.2, 0.25) is 0 Å². The van der Waals surface area contributed by atoms with Gasteiger partial charge in [-0.05, 0) is 43.3 Å². The minimum atomic E-state index is -0.578. The van der Waals surface area contributed by atoms with Crippen LogP contribution in [0.1, 0.15) is 18.1 Å². The maximum atomic E-state index is 10.3. The molecule has 0 spiro atoms. The third-order valence-corrected chi connectivity index (χ3v) is 5.99.